The third-order valence-corrected chi connectivity index (χ3v) is 1.75. The van der Waals surface area contributed by atoms with E-state index in [0.717, 1.165) is 0 Å². The van der Waals surface area contributed by atoms with Gasteiger partial charge >= 0.3 is 6.18 Å². The van der Waals surface area contributed by atoms with Crippen LogP contribution in [0.4, 0.5) is 17.6 Å². The highest BCUT2D eigenvalue weighted by molar-refractivity contribution is 4.82. The molecule has 2 unspecified atom stereocenters. The lowest BCUT2D eigenvalue weighted by Crippen LogP contribution is -2.21. The van der Waals surface area contributed by atoms with Crippen molar-refractivity contribution >= 4 is 0 Å². The number of hydrogen-bond acceptors (Lipinski definition) is 1. The lowest BCUT2D eigenvalue weighted by Gasteiger charge is -2.13. The third-order valence-electron chi connectivity index (χ3n) is 1.75. The summed E-state index contributed by atoms with van der Waals surface area (Å²) in [4.78, 5) is 0. The Bertz CT molecular complexity index is 133. The summed E-state index contributed by atoms with van der Waals surface area (Å²) in [5, 5.41) is 2.57. The molecule has 0 spiro atoms. The zero-order valence-electron chi connectivity index (χ0n) is 5.79. The van der Waals surface area contributed by atoms with Gasteiger partial charge in [-0.1, -0.05) is 0 Å². The summed E-state index contributed by atoms with van der Waals surface area (Å²) in [6.07, 6.45) is -6.58. The SMILES string of the molecule is FC1CNCC1CC(F)(F)F. The Morgan fingerprint density at radius 1 is 1.27 bits per heavy atom. The molecule has 1 saturated heterocycles. The summed E-state index contributed by atoms with van der Waals surface area (Å²) in [6.45, 7) is 0.196. The molecule has 0 aromatic rings. The lowest BCUT2D eigenvalue weighted by atomic mass is 10.0. The standard InChI is InChI=1S/C6H9F4N/c7-5-3-11-2-4(5)1-6(8,9)10/h4-5,11H,1-3H2. The maximum Gasteiger partial charge on any atom is 0.389 e. The second-order valence-electron chi connectivity index (χ2n) is 2.75. The van der Waals surface area contributed by atoms with Crippen LogP contribution < -0.4 is 5.32 Å². The van der Waals surface area contributed by atoms with Gasteiger partial charge in [0.05, 0.1) is 6.42 Å². The first kappa shape index (κ1) is 8.77. The van der Waals surface area contributed by atoms with Crippen LogP contribution >= 0.6 is 0 Å². The van der Waals surface area contributed by atoms with Crippen LogP contribution in [0.2, 0.25) is 0 Å². The minimum Gasteiger partial charge on any atom is -0.313 e. The Hall–Kier alpha value is -0.320. The van der Waals surface area contributed by atoms with E-state index in [1.165, 1.54) is 0 Å². The first-order valence-corrected chi connectivity index (χ1v) is 3.40. The lowest BCUT2D eigenvalue weighted by molar-refractivity contribution is -0.146. The van der Waals surface area contributed by atoms with Crippen molar-refractivity contribution < 1.29 is 17.6 Å². The smallest absolute Gasteiger partial charge is 0.313 e. The van der Waals surface area contributed by atoms with Gasteiger partial charge in [0.1, 0.15) is 6.17 Å². The molecule has 11 heavy (non-hydrogen) atoms. The van der Waals surface area contributed by atoms with Crippen molar-refractivity contribution in [3.63, 3.8) is 0 Å². The number of hydrogen-bond donors (Lipinski definition) is 1. The molecule has 1 aliphatic rings. The van der Waals surface area contributed by atoms with Gasteiger partial charge in [0.25, 0.3) is 0 Å². The molecule has 1 N–H and O–H groups in total. The fourth-order valence-electron chi connectivity index (χ4n) is 1.20. The van der Waals surface area contributed by atoms with Gasteiger partial charge in [-0.25, -0.2) is 4.39 Å². The largest absolute Gasteiger partial charge is 0.389 e. The third kappa shape index (κ3) is 2.65. The molecule has 1 nitrogen and oxygen atoms in total. The van der Waals surface area contributed by atoms with E-state index in [1.54, 1.807) is 0 Å². The van der Waals surface area contributed by atoms with Crippen LogP contribution in [-0.2, 0) is 0 Å². The molecule has 1 aliphatic heterocycles. The van der Waals surface area contributed by atoms with E-state index in [4.69, 9.17) is 0 Å². The normalized spacial score (nSPS) is 32.7. The summed E-state index contributed by atoms with van der Waals surface area (Å²) in [6, 6.07) is 0. The molecule has 0 radical (unpaired) electrons. The maximum absolute atomic E-state index is 12.6. The second-order valence-corrected chi connectivity index (χ2v) is 2.75. The Morgan fingerprint density at radius 2 is 1.91 bits per heavy atom. The number of nitrogens with one attached hydrogen (secondary N) is 1. The molecule has 0 amide bonds. The van der Waals surface area contributed by atoms with Gasteiger partial charge in [0, 0.05) is 19.0 Å². The van der Waals surface area contributed by atoms with E-state index < -0.39 is 24.7 Å². The quantitative estimate of drug-likeness (QED) is 0.589. The van der Waals surface area contributed by atoms with Crippen LogP contribution in [0, 0.1) is 5.92 Å². The summed E-state index contributed by atoms with van der Waals surface area (Å²) in [7, 11) is 0. The molecule has 2 atom stereocenters. The molecular weight excluding hydrogens is 162 g/mol. The molecule has 0 saturated carbocycles. The van der Waals surface area contributed by atoms with Gasteiger partial charge in [0.15, 0.2) is 0 Å². The van der Waals surface area contributed by atoms with Crippen LogP contribution in [0.5, 0.6) is 0 Å². The minimum absolute atomic E-state index is 0.0563. The Balaban J connectivity index is 2.37. The summed E-state index contributed by atoms with van der Waals surface area (Å²) < 4.78 is 47.6. The van der Waals surface area contributed by atoms with Gasteiger partial charge < -0.3 is 5.32 Å². The van der Waals surface area contributed by atoms with E-state index in [0.29, 0.717) is 0 Å². The average Bonchev–Trinajstić information content (AvgIpc) is 2.12. The van der Waals surface area contributed by atoms with E-state index >= 15 is 0 Å². The Labute approximate surface area is 61.8 Å². The molecule has 1 fully saturated rings. The van der Waals surface area contributed by atoms with Crippen molar-refractivity contribution in [1.29, 1.82) is 0 Å². The summed E-state index contributed by atoms with van der Waals surface area (Å²) >= 11 is 0. The predicted molar refractivity (Wildman–Crippen MR) is 31.9 cm³/mol. The van der Waals surface area contributed by atoms with Gasteiger partial charge in [-0.2, -0.15) is 13.2 Å². The fraction of sp³-hybridized carbons (Fsp3) is 1.00. The average molecular weight is 171 g/mol. The second kappa shape index (κ2) is 2.97. The van der Waals surface area contributed by atoms with Crippen LogP contribution in [0.25, 0.3) is 0 Å². The predicted octanol–water partition coefficient (Wildman–Crippen LogP) is 1.50. The van der Waals surface area contributed by atoms with Crippen LogP contribution in [0.1, 0.15) is 6.42 Å². The topological polar surface area (TPSA) is 12.0 Å². The molecule has 66 valence electrons. The number of rotatable bonds is 1. The van der Waals surface area contributed by atoms with Crippen molar-refractivity contribution in [2.45, 2.75) is 18.8 Å². The first-order chi connectivity index (χ1) is 4.99. The molecule has 0 aromatic heterocycles. The highest BCUT2D eigenvalue weighted by Gasteiger charge is 2.37. The van der Waals surface area contributed by atoms with Crippen molar-refractivity contribution in [3.8, 4) is 0 Å². The summed E-state index contributed by atoms with van der Waals surface area (Å²) in [5.74, 6) is -0.880. The highest BCUT2D eigenvalue weighted by atomic mass is 19.4. The number of alkyl halides is 4. The van der Waals surface area contributed by atoms with Crippen molar-refractivity contribution in [3.05, 3.63) is 0 Å². The minimum atomic E-state index is -4.24. The Morgan fingerprint density at radius 3 is 2.27 bits per heavy atom. The molecule has 0 aromatic carbocycles. The van der Waals surface area contributed by atoms with Crippen LogP contribution in [0.3, 0.4) is 0 Å². The number of halogens is 4. The zero-order valence-corrected chi connectivity index (χ0v) is 5.79. The Kier molecular flexibility index (Phi) is 2.37. The molecular formula is C6H9F4N. The van der Waals surface area contributed by atoms with Gasteiger partial charge in [0.2, 0.25) is 0 Å². The van der Waals surface area contributed by atoms with Crippen molar-refractivity contribution in [2.24, 2.45) is 5.92 Å². The van der Waals surface area contributed by atoms with Crippen molar-refractivity contribution in [1.82, 2.24) is 5.32 Å². The van der Waals surface area contributed by atoms with Gasteiger partial charge in [-0.3, -0.25) is 0 Å². The molecule has 5 heteroatoms. The first-order valence-electron chi connectivity index (χ1n) is 3.40. The fourth-order valence-corrected chi connectivity index (χ4v) is 1.20. The maximum atomic E-state index is 12.6. The molecule has 0 bridgehead atoms. The molecule has 0 aliphatic carbocycles. The molecule has 1 rings (SSSR count). The van der Waals surface area contributed by atoms with Gasteiger partial charge in [-0.15, -0.1) is 0 Å². The van der Waals surface area contributed by atoms with Crippen LogP contribution in [-0.4, -0.2) is 25.4 Å². The van der Waals surface area contributed by atoms with E-state index in [1.807, 2.05) is 0 Å². The monoisotopic (exact) mass is 171 g/mol. The van der Waals surface area contributed by atoms with Gasteiger partial charge in [-0.05, 0) is 0 Å². The highest BCUT2D eigenvalue weighted by Crippen LogP contribution is 2.29. The van der Waals surface area contributed by atoms with Crippen molar-refractivity contribution in [2.75, 3.05) is 13.1 Å². The van der Waals surface area contributed by atoms with Crippen LogP contribution in [0.15, 0.2) is 0 Å². The zero-order chi connectivity index (χ0) is 8.48. The summed E-state index contributed by atoms with van der Waals surface area (Å²) in [5.41, 5.74) is 0. The van der Waals surface area contributed by atoms with E-state index in [-0.39, 0.29) is 13.1 Å². The molecule has 1 heterocycles. The van der Waals surface area contributed by atoms with E-state index in [2.05, 4.69) is 5.32 Å². The van der Waals surface area contributed by atoms with E-state index in [9.17, 15) is 17.6 Å².